The van der Waals surface area contributed by atoms with Crippen LogP contribution in [0.1, 0.15) is 18.1 Å². The van der Waals surface area contributed by atoms with Crippen molar-refractivity contribution in [2.75, 3.05) is 19.0 Å². The zero-order valence-corrected chi connectivity index (χ0v) is 13.5. The Hall–Kier alpha value is -2.49. The predicted molar refractivity (Wildman–Crippen MR) is 90.1 cm³/mol. The van der Waals surface area contributed by atoms with Crippen molar-refractivity contribution in [1.29, 1.82) is 0 Å². The van der Waals surface area contributed by atoms with Crippen molar-refractivity contribution >= 4 is 11.6 Å². The number of rotatable bonds is 4. The third-order valence-corrected chi connectivity index (χ3v) is 4.15. The highest BCUT2D eigenvalue weighted by Gasteiger charge is 2.26. The molecule has 0 saturated carbocycles. The van der Waals surface area contributed by atoms with Gasteiger partial charge in [-0.15, -0.1) is 0 Å². The van der Waals surface area contributed by atoms with Gasteiger partial charge in [0, 0.05) is 5.69 Å². The first kappa shape index (κ1) is 15.4. The maximum Gasteiger partial charge on any atom is 0.231 e. The number of hydrogen-bond donors (Lipinski definition) is 1. The summed E-state index contributed by atoms with van der Waals surface area (Å²) >= 11 is 0. The molecule has 1 N–H and O–H groups in total. The van der Waals surface area contributed by atoms with E-state index < -0.39 is 0 Å². The van der Waals surface area contributed by atoms with E-state index in [1.807, 2.05) is 36.4 Å². The molecular formula is C19H21NO3. The van der Waals surface area contributed by atoms with Gasteiger partial charge < -0.3 is 14.8 Å². The van der Waals surface area contributed by atoms with Crippen molar-refractivity contribution < 1.29 is 14.3 Å². The average Bonchev–Trinajstić information content (AvgIpc) is 2.60. The second kappa shape index (κ2) is 6.73. The van der Waals surface area contributed by atoms with Gasteiger partial charge in [-0.25, -0.2) is 0 Å². The van der Waals surface area contributed by atoms with E-state index >= 15 is 0 Å². The van der Waals surface area contributed by atoms with E-state index in [0.29, 0.717) is 13.0 Å². The highest BCUT2D eigenvalue weighted by Crippen LogP contribution is 2.31. The molecular weight excluding hydrogens is 290 g/mol. The molecule has 0 aliphatic carbocycles. The summed E-state index contributed by atoms with van der Waals surface area (Å²) in [6.07, 6.45) is 1.61. The zero-order chi connectivity index (χ0) is 16.2. The Labute approximate surface area is 136 Å². The van der Waals surface area contributed by atoms with Crippen LogP contribution in [-0.4, -0.2) is 19.6 Å². The Kier molecular flexibility index (Phi) is 4.51. The lowest BCUT2D eigenvalue weighted by atomic mass is 9.95. The number of hydrogen-bond acceptors (Lipinski definition) is 3. The van der Waals surface area contributed by atoms with Gasteiger partial charge in [-0.3, -0.25) is 4.79 Å². The molecule has 1 atom stereocenters. The number of carbonyl (C=O) groups excluding carboxylic acids is 1. The number of methoxy groups -OCH3 is 1. The Morgan fingerprint density at radius 3 is 2.96 bits per heavy atom. The van der Waals surface area contributed by atoms with Crippen LogP contribution in [-0.2, 0) is 17.6 Å². The number of ether oxygens (including phenoxy) is 2. The van der Waals surface area contributed by atoms with E-state index in [2.05, 4.69) is 18.3 Å². The molecule has 4 nitrogen and oxygen atoms in total. The van der Waals surface area contributed by atoms with Gasteiger partial charge in [0.05, 0.1) is 13.0 Å². The highest BCUT2D eigenvalue weighted by molar-refractivity contribution is 5.93. The van der Waals surface area contributed by atoms with E-state index in [9.17, 15) is 4.79 Å². The highest BCUT2D eigenvalue weighted by atomic mass is 16.5. The molecule has 0 bridgehead atoms. The molecule has 120 valence electrons. The summed E-state index contributed by atoms with van der Waals surface area (Å²) in [6, 6.07) is 13.7. The Morgan fingerprint density at radius 1 is 1.30 bits per heavy atom. The van der Waals surface area contributed by atoms with E-state index in [1.165, 1.54) is 5.56 Å². The van der Waals surface area contributed by atoms with Crippen LogP contribution in [0.25, 0.3) is 0 Å². The summed E-state index contributed by atoms with van der Waals surface area (Å²) in [5, 5.41) is 3.00. The zero-order valence-electron chi connectivity index (χ0n) is 13.5. The van der Waals surface area contributed by atoms with Gasteiger partial charge in [0.2, 0.25) is 5.91 Å². The van der Waals surface area contributed by atoms with Gasteiger partial charge in [0.25, 0.3) is 0 Å². The Bertz CT molecular complexity index is 712. The normalized spacial score (nSPS) is 16.2. The largest absolute Gasteiger partial charge is 0.497 e. The lowest BCUT2D eigenvalue weighted by molar-refractivity contribution is -0.121. The number of anilines is 1. The van der Waals surface area contributed by atoms with Gasteiger partial charge in [0.15, 0.2) is 0 Å². The van der Waals surface area contributed by atoms with Crippen molar-refractivity contribution in [3.8, 4) is 11.5 Å². The van der Waals surface area contributed by atoms with Crippen LogP contribution >= 0.6 is 0 Å². The third kappa shape index (κ3) is 3.47. The molecule has 0 saturated heterocycles. The topological polar surface area (TPSA) is 47.6 Å². The molecule has 2 aromatic carbocycles. The maximum atomic E-state index is 12.5. The summed E-state index contributed by atoms with van der Waals surface area (Å²) in [5.74, 6) is 1.42. The van der Waals surface area contributed by atoms with Crippen LogP contribution in [0.5, 0.6) is 11.5 Å². The fourth-order valence-corrected chi connectivity index (χ4v) is 2.78. The van der Waals surface area contributed by atoms with Crippen LogP contribution in [0.15, 0.2) is 42.5 Å². The van der Waals surface area contributed by atoms with Crippen molar-refractivity contribution in [1.82, 2.24) is 0 Å². The van der Waals surface area contributed by atoms with Gasteiger partial charge in [-0.05, 0) is 54.3 Å². The lowest BCUT2D eigenvalue weighted by Crippen LogP contribution is -2.32. The summed E-state index contributed by atoms with van der Waals surface area (Å²) in [7, 11) is 1.64. The molecule has 3 rings (SSSR count). The quantitative estimate of drug-likeness (QED) is 0.941. The molecule has 0 unspecified atom stereocenters. The Morgan fingerprint density at radius 2 is 2.17 bits per heavy atom. The van der Waals surface area contributed by atoms with Crippen LogP contribution < -0.4 is 14.8 Å². The molecule has 0 aromatic heterocycles. The molecule has 0 fully saturated rings. The maximum absolute atomic E-state index is 12.5. The number of nitrogens with one attached hydrogen (secondary N) is 1. The van der Waals surface area contributed by atoms with Crippen molar-refractivity contribution in [2.24, 2.45) is 5.92 Å². The van der Waals surface area contributed by atoms with Gasteiger partial charge in [0.1, 0.15) is 18.1 Å². The standard InChI is InChI=1S/C19H21NO3/c1-3-13-5-4-6-16(9-13)20-19(21)15-10-14-11-17(22-2)7-8-18(14)23-12-15/h4-9,11,15H,3,10,12H2,1-2H3,(H,20,21)/t15-/m0/s1. The average molecular weight is 311 g/mol. The first-order valence-corrected chi connectivity index (χ1v) is 7.89. The second-order valence-electron chi connectivity index (χ2n) is 5.73. The lowest BCUT2D eigenvalue weighted by Gasteiger charge is -2.25. The van der Waals surface area contributed by atoms with E-state index in [1.54, 1.807) is 7.11 Å². The summed E-state index contributed by atoms with van der Waals surface area (Å²) in [5.41, 5.74) is 3.06. The smallest absolute Gasteiger partial charge is 0.231 e. The van der Waals surface area contributed by atoms with Gasteiger partial charge in [-0.1, -0.05) is 19.1 Å². The minimum atomic E-state index is -0.195. The molecule has 1 amide bonds. The second-order valence-corrected chi connectivity index (χ2v) is 5.73. The predicted octanol–water partition coefficient (Wildman–Crippen LogP) is 3.45. The van der Waals surface area contributed by atoms with Crippen molar-refractivity contribution in [3.05, 3.63) is 53.6 Å². The minimum Gasteiger partial charge on any atom is -0.497 e. The number of aryl methyl sites for hydroxylation is 1. The summed E-state index contributed by atoms with van der Waals surface area (Å²) < 4.78 is 11.0. The fraction of sp³-hybridized carbons (Fsp3) is 0.316. The first-order chi connectivity index (χ1) is 11.2. The minimum absolute atomic E-state index is 0.00766. The van der Waals surface area contributed by atoms with Gasteiger partial charge >= 0.3 is 0 Å². The number of carbonyl (C=O) groups is 1. The number of fused-ring (bicyclic) bond motifs is 1. The molecule has 2 aromatic rings. The molecule has 1 aliphatic rings. The first-order valence-electron chi connectivity index (χ1n) is 7.89. The molecule has 1 heterocycles. The summed E-state index contributed by atoms with van der Waals surface area (Å²) in [4.78, 5) is 12.5. The summed E-state index contributed by atoms with van der Waals surface area (Å²) in [6.45, 7) is 2.50. The van der Waals surface area contributed by atoms with Crippen LogP contribution in [0.3, 0.4) is 0 Å². The van der Waals surface area contributed by atoms with Crippen molar-refractivity contribution in [3.63, 3.8) is 0 Å². The number of benzene rings is 2. The number of amides is 1. The molecule has 0 spiro atoms. The van der Waals surface area contributed by atoms with Gasteiger partial charge in [-0.2, -0.15) is 0 Å². The van der Waals surface area contributed by atoms with Crippen molar-refractivity contribution in [2.45, 2.75) is 19.8 Å². The monoisotopic (exact) mass is 311 g/mol. The van der Waals surface area contributed by atoms with Crippen LogP contribution in [0.2, 0.25) is 0 Å². The van der Waals surface area contributed by atoms with E-state index in [-0.39, 0.29) is 11.8 Å². The van der Waals surface area contributed by atoms with E-state index in [4.69, 9.17) is 9.47 Å². The fourth-order valence-electron chi connectivity index (χ4n) is 2.78. The Balaban J connectivity index is 1.71. The molecule has 23 heavy (non-hydrogen) atoms. The molecule has 1 aliphatic heterocycles. The van der Waals surface area contributed by atoms with E-state index in [0.717, 1.165) is 29.2 Å². The molecule has 4 heteroatoms. The van der Waals surface area contributed by atoms with Crippen LogP contribution in [0, 0.1) is 5.92 Å². The molecule has 0 radical (unpaired) electrons. The van der Waals surface area contributed by atoms with Crippen LogP contribution in [0.4, 0.5) is 5.69 Å². The SMILES string of the molecule is CCc1cccc(NC(=O)[C@@H]2COc3ccc(OC)cc3C2)c1. The third-order valence-electron chi connectivity index (χ3n) is 4.15.